The third-order valence-electron chi connectivity index (χ3n) is 5.98. The number of aliphatic carboxylic acids is 1. The molecule has 2 aromatic rings. The summed E-state index contributed by atoms with van der Waals surface area (Å²) >= 11 is 0. The quantitative estimate of drug-likeness (QED) is 0.256. The summed E-state index contributed by atoms with van der Waals surface area (Å²) < 4.78 is 51.4. The van der Waals surface area contributed by atoms with Crippen molar-refractivity contribution in [3.05, 3.63) is 41.5 Å². The van der Waals surface area contributed by atoms with Crippen LogP contribution in [-0.2, 0) is 23.8 Å². The first-order valence-corrected chi connectivity index (χ1v) is 12.2. The number of carbonyl (C=O) groups is 1. The van der Waals surface area contributed by atoms with E-state index in [1.165, 1.54) is 11.6 Å². The lowest BCUT2D eigenvalue weighted by Gasteiger charge is -2.24. The fraction of sp³-hybridized carbons (Fsp3) is 0.583. The molecule has 0 spiro atoms. The van der Waals surface area contributed by atoms with Crippen LogP contribution in [0.5, 0.6) is 0 Å². The summed E-state index contributed by atoms with van der Waals surface area (Å²) in [7, 11) is 0. The standard InChI is InChI=1S/C24H32F4N6O2/c25-11-4-15-34(14-2-1-6-18-8-7-17-5-3-12-29-21(17)31-18)16-10-19(22(35)36)32-20-9-13-30-23(33-20)24(26,27)28/h7-9,13,19H,1-6,10-12,14-16H2,(H,29,31)(H,35,36)(H,30,32,33). The van der Waals surface area contributed by atoms with E-state index in [4.69, 9.17) is 4.98 Å². The lowest BCUT2D eigenvalue weighted by atomic mass is 10.1. The molecule has 8 nitrogen and oxygen atoms in total. The zero-order valence-electron chi connectivity index (χ0n) is 20.0. The van der Waals surface area contributed by atoms with Gasteiger partial charge in [-0.3, -0.25) is 4.39 Å². The van der Waals surface area contributed by atoms with Crippen LogP contribution in [0.1, 0.15) is 49.2 Å². The monoisotopic (exact) mass is 512 g/mol. The molecular weight excluding hydrogens is 480 g/mol. The molecule has 3 N–H and O–H groups in total. The van der Waals surface area contributed by atoms with Gasteiger partial charge in [0.15, 0.2) is 0 Å². The highest BCUT2D eigenvalue weighted by Gasteiger charge is 2.35. The highest BCUT2D eigenvalue weighted by atomic mass is 19.4. The van der Waals surface area contributed by atoms with Crippen LogP contribution in [0.3, 0.4) is 0 Å². The number of fused-ring (bicyclic) bond motifs is 1. The molecule has 2 aromatic heterocycles. The lowest BCUT2D eigenvalue weighted by molar-refractivity contribution is -0.144. The smallest absolute Gasteiger partial charge is 0.451 e. The summed E-state index contributed by atoms with van der Waals surface area (Å²) in [6, 6.07) is 4.20. The van der Waals surface area contributed by atoms with Crippen LogP contribution in [-0.4, -0.2) is 69.8 Å². The number of hydrogen-bond acceptors (Lipinski definition) is 7. The summed E-state index contributed by atoms with van der Waals surface area (Å²) in [5, 5.41) is 15.4. The van der Waals surface area contributed by atoms with Gasteiger partial charge >= 0.3 is 12.1 Å². The number of aromatic nitrogens is 3. The lowest BCUT2D eigenvalue weighted by Crippen LogP contribution is -2.36. The Hall–Kier alpha value is -3.02. The molecule has 3 rings (SSSR count). The third kappa shape index (κ3) is 8.58. The van der Waals surface area contributed by atoms with Crippen molar-refractivity contribution in [1.29, 1.82) is 0 Å². The van der Waals surface area contributed by atoms with Gasteiger partial charge in [0.2, 0.25) is 5.82 Å². The number of alkyl halides is 4. The summed E-state index contributed by atoms with van der Waals surface area (Å²) in [6.45, 7) is 1.92. The summed E-state index contributed by atoms with van der Waals surface area (Å²) in [6.07, 6.45) is 1.28. The number of nitrogens with zero attached hydrogens (tertiary/aromatic N) is 4. The average molecular weight is 513 g/mol. The molecule has 0 radical (unpaired) electrons. The highest BCUT2D eigenvalue weighted by molar-refractivity contribution is 5.76. The number of carboxylic acids is 1. The van der Waals surface area contributed by atoms with Crippen LogP contribution >= 0.6 is 0 Å². The molecule has 12 heteroatoms. The predicted octanol–water partition coefficient (Wildman–Crippen LogP) is 4.19. The normalized spacial score (nSPS) is 14.2. The third-order valence-corrected chi connectivity index (χ3v) is 5.98. The Kier molecular flexibility index (Phi) is 10.2. The van der Waals surface area contributed by atoms with Crippen molar-refractivity contribution in [2.75, 3.05) is 43.5 Å². The molecule has 0 bridgehead atoms. The van der Waals surface area contributed by atoms with Crippen molar-refractivity contribution >= 4 is 17.6 Å². The average Bonchev–Trinajstić information content (AvgIpc) is 2.86. The van der Waals surface area contributed by atoms with Gasteiger partial charge in [-0.2, -0.15) is 13.2 Å². The molecule has 1 unspecified atom stereocenters. The van der Waals surface area contributed by atoms with Crippen LogP contribution in [0.4, 0.5) is 29.2 Å². The number of hydrogen-bond donors (Lipinski definition) is 3. The number of halogens is 4. The molecule has 1 aliphatic heterocycles. The zero-order valence-corrected chi connectivity index (χ0v) is 20.0. The summed E-state index contributed by atoms with van der Waals surface area (Å²) in [4.78, 5) is 24.9. The van der Waals surface area contributed by atoms with Crippen molar-refractivity contribution in [3.8, 4) is 0 Å². The largest absolute Gasteiger partial charge is 0.480 e. The molecule has 0 amide bonds. The molecule has 0 saturated carbocycles. The maximum atomic E-state index is 12.9. The molecule has 1 aliphatic rings. The minimum absolute atomic E-state index is 0.116. The van der Waals surface area contributed by atoms with E-state index in [2.05, 4.69) is 26.7 Å². The van der Waals surface area contributed by atoms with Crippen molar-refractivity contribution in [2.24, 2.45) is 0 Å². The van der Waals surface area contributed by atoms with E-state index < -0.39 is 30.7 Å². The van der Waals surface area contributed by atoms with Gasteiger partial charge in [0.1, 0.15) is 17.7 Å². The second kappa shape index (κ2) is 13.3. The van der Waals surface area contributed by atoms with Gasteiger partial charge < -0.3 is 20.6 Å². The topological polar surface area (TPSA) is 103 Å². The number of unbranched alkanes of at least 4 members (excludes halogenated alkanes) is 1. The van der Waals surface area contributed by atoms with E-state index in [1.54, 1.807) is 0 Å². The van der Waals surface area contributed by atoms with E-state index in [0.717, 1.165) is 56.4 Å². The maximum absolute atomic E-state index is 12.9. The zero-order chi connectivity index (χ0) is 26.0. The molecule has 36 heavy (non-hydrogen) atoms. The Morgan fingerprint density at radius 2 is 1.94 bits per heavy atom. The maximum Gasteiger partial charge on any atom is 0.451 e. The molecule has 3 heterocycles. The number of carboxylic acid groups (broad SMARTS) is 1. The molecule has 198 valence electrons. The minimum atomic E-state index is -4.73. The molecule has 0 aromatic carbocycles. The highest BCUT2D eigenvalue weighted by Crippen LogP contribution is 2.26. The second-order valence-electron chi connectivity index (χ2n) is 8.77. The molecule has 0 aliphatic carbocycles. The number of anilines is 2. The predicted molar refractivity (Wildman–Crippen MR) is 128 cm³/mol. The molecule has 0 saturated heterocycles. The fourth-order valence-corrected chi connectivity index (χ4v) is 4.09. The first-order chi connectivity index (χ1) is 17.3. The van der Waals surface area contributed by atoms with Gasteiger partial charge in [-0.25, -0.2) is 19.7 Å². The Labute approximate surface area is 207 Å². The number of aryl methyl sites for hydroxylation is 2. The Balaban J connectivity index is 1.50. The molecule has 0 fully saturated rings. The van der Waals surface area contributed by atoms with Crippen LogP contribution < -0.4 is 10.6 Å². The SMILES string of the molecule is O=C(O)C(CCN(CCCF)CCCCc1ccc2c(n1)NCCC2)Nc1ccnc(C(F)(F)F)n1. The van der Waals surface area contributed by atoms with Gasteiger partial charge in [0, 0.05) is 31.5 Å². The van der Waals surface area contributed by atoms with Gasteiger partial charge in [0.25, 0.3) is 0 Å². The van der Waals surface area contributed by atoms with E-state index in [0.29, 0.717) is 26.1 Å². The van der Waals surface area contributed by atoms with E-state index in [-0.39, 0.29) is 12.2 Å². The Morgan fingerprint density at radius 1 is 1.14 bits per heavy atom. The van der Waals surface area contributed by atoms with Crippen molar-refractivity contribution in [2.45, 2.75) is 57.2 Å². The van der Waals surface area contributed by atoms with Crippen LogP contribution in [0.25, 0.3) is 0 Å². The number of pyridine rings is 1. The van der Waals surface area contributed by atoms with Crippen LogP contribution in [0.2, 0.25) is 0 Å². The minimum Gasteiger partial charge on any atom is -0.480 e. The number of rotatable bonds is 14. The summed E-state index contributed by atoms with van der Waals surface area (Å²) in [5.74, 6) is -1.81. The van der Waals surface area contributed by atoms with E-state index >= 15 is 0 Å². The fourth-order valence-electron chi connectivity index (χ4n) is 4.09. The first-order valence-electron chi connectivity index (χ1n) is 12.2. The molecule has 1 atom stereocenters. The summed E-state index contributed by atoms with van der Waals surface area (Å²) in [5.41, 5.74) is 2.25. The van der Waals surface area contributed by atoms with Crippen LogP contribution in [0.15, 0.2) is 24.4 Å². The Morgan fingerprint density at radius 3 is 2.69 bits per heavy atom. The van der Waals surface area contributed by atoms with Crippen LogP contribution in [0, 0.1) is 0 Å². The van der Waals surface area contributed by atoms with Gasteiger partial charge in [-0.15, -0.1) is 0 Å². The molecular formula is C24H32F4N6O2. The van der Waals surface area contributed by atoms with E-state index in [1.807, 2.05) is 11.0 Å². The van der Waals surface area contributed by atoms with Gasteiger partial charge in [0.05, 0.1) is 6.67 Å². The van der Waals surface area contributed by atoms with E-state index in [9.17, 15) is 27.5 Å². The van der Waals surface area contributed by atoms with Gasteiger partial charge in [-0.05, 0) is 69.2 Å². The Bertz CT molecular complexity index is 991. The van der Waals surface area contributed by atoms with Gasteiger partial charge in [-0.1, -0.05) is 6.07 Å². The first kappa shape index (κ1) is 27.6. The van der Waals surface area contributed by atoms with Crippen molar-refractivity contribution < 1.29 is 27.5 Å². The number of nitrogens with one attached hydrogen (secondary N) is 2. The second-order valence-corrected chi connectivity index (χ2v) is 8.77. The van der Waals surface area contributed by atoms with Crippen molar-refractivity contribution in [1.82, 2.24) is 19.9 Å². The van der Waals surface area contributed by atoms with Crippen molar-refractivity contribution in [3.63, 3.8) is 0 Å².